The summed E-state index contributed by atoms with van der Waals surface area (Å²) in [5.41, 5.74) is 1.56. The SMILES string of the molecule is Cc1cc(-c2cc3c4c([nH]c(=O)c3s2)[C@](O)(C(C)(C)C)COC4)ccn1. The summed E-state index contributed by atoms with van der Waals surface area (Å²) in [4.78, 5) is 21.0. The number of aliphatic hydroxyl groups is 1. The zero-order valence-electron chi connectivity index (χ0n) is 15.3. The summed E-state index contributed by atoms with van der Waals surface area (Å²) in [7, 11) is 0. The van der Waals surface area contributed by atoms with Crippen LogP contribution in [0.5, 0.6) is 0 Å². The second-order valence-electron chi connectivity index (χ2n) is 7.95. The van der Waals surface area contributed by atoms with Crippen LogP contribution in [0.2, 0.25) is 0 Å². The summed E-state index contributed by atoms with van der Waals surface area (Å²) in [6.45, 7) is 8.35. The van der Waals surface area contributed by atoms with Crippen molar-refractivity contribution >= 4 is 21.4 Å². The summed E-state index contributed by atoms with van der Waals surface area (Å²) in [6, 6.07) is 5.98. The minimum atomic E-state index is -1.23. The van der Waals surface area contributed by atoms with E-state index >= 15 is 0 Å². The normalized spacial score (nSPS) is 20.3. The van der Waals surface area contributed by atoms with Crippen LogP contribution in [0.3, 0.4) is 0 Å². The molecule has 0 spiro atoms. The van der Waals surface area contributed by atoms with E-state index in [1.165, 1.54) is 11.3 Å². The first kappa shape index (κ1) is 17.4. The van der Waals surface area contributed by atoms with Gasteiger partial charge in [-0.15, -0.1) is 11.3 Å². The number of hydrogen-bond acceptors (Lipinski definition) is 5. The van der Waals surface area contributed by atoms with Crippen LogP contribution in [-0.2, 0) is 16.9 Å². The highest BCUT2D eigenvalue weighted by Gasteiger charge is 2.47. The van der Waals surface area contributed by atoms with Gasteiger partial charge in [-0.25, -0.2) is 0 Å². The van der Waals surface area contributed by atoms with E-state index in [1.807, 2.05) is 45.9 Å². The molecule has 5 nitrogen and oxygen atoms in total. The van der Waals surface area contributed by atoms with E-state index in [0.717, 1.165) is 27.1 Å². The van der Waals surface area contributed by atoms with E-state index in [4.69, 9.17) is 4.74 Å². The predicted molar refractivity (Wildman–Crippen MR) is 103 cm³/mol. The molecule has 1 aliphatic heterocycles. The van der Waals surface area contributed by atoms with E-state index in [-0.39, 0.29) is 12.2 Å². The quantitative estimate of drug-likeness (QED) is 0.684. The van der Waals surface area contributed by atoms with Crippen LogP contribution in [0.1, 0.15) is 37.7 Å². The molecule has 0 aromatic carbocycles. The number of H-pyrrole nitrogens is 1. The summed E-state index contributed by atoms with van der Waals surface area (Å²) < 4.78 is 6.40. The Morgan fingerprint density at radius 1 is 1.35 bits per heavy atom. The molecule has 0 radical (unpaired) electrons. The van der Waals surface area contributed by atoms with Crippen LogP contribution in [0, 0.1) is 12.3 Å². The number of aryl methyl sites for hydroxylation is 1. The molecule has 4 heterocycles. The number of pyridine rings is 2. The largest absolute Gasteiger partial charge is 0.381 e. The number of hydrogen-bond donors (Lipinski definition) is 2. The van der Waals surface area contributed by atoms with Crippen LogP contribution < -0.4 is 5.56 Å². The Balaban J connectivity index is 1.98. The average Bonchev–Trinajstić information content (AvgIpc) is 3.01. The Hall–Kier alpha value is -2.02. The van der Waals surface area contributed by atoms with E-state index in [2.05, 4.69) is 9.97 Å². The lowest BCUT2D eigenvalue weighted by Gasteiger charge is -2.43. The third-order valence-corrected chi connectivity index (χ3v) is 6.38. The van der Waals surface area contributed by atoms with Gasteiger partial charge in [0.2, 0.25) is 0 Å². The van der Waals surface area contributed by atoms with Crippen molar-refractivity contribution in [2.75, 3.05) is 6.61 Å². The van der Waals surface area contributed by atoms with Crippen LogP contribution in [0.25, 0.3) is 20.5 Å². The lowest BCUT2D eigenvalue weighted by atomic mass is 9.72. The number of ether oxygens (including phenoxy) is 1. The zero-order valence-corrected chi connectivity index (χ0v) is 16.2. The highest BCUT2D eigenvalue weighted by atomic mass is 32.1. The molecule has 0 fully saturated rings. The number of rotatable bonds is 1. The summed E-state index contributed by atoms with van der Waals surface area (Å²) in [6.07, 6.45) is 1.77. The van der Waals surface area contributed by atoms with Crippen LogP contribution in [0.4, 0.5) is 0 Å². The first-order valence-corrected chi connectivity index (χ1v) is 9.45. The first-order chi connectivity index (χ1) is 12.2. The second kappa shape index (κ2) is 5.74. The van der Waals surface area contributed by atoms with Crippen molar-refractivity contribution in [3.63, 3.8) is 0 Å². The van der Waals surface area contributed by atoms with Gasteiger partial charge in [0.25, 0.3) is 5.56 Å². The van der Waals surface area contributed by atoms with Crippen molar-refractivity contribution in [2.45, 2.75) is 39.9 Å². The molecule has 1 atom stereocenters. The number of aromatic amines is 1. The minimum Gasteiger partial charge on any atom is -0.381 e. The highest BCUT2D eigenvalue weighted by molar-refractivity contribution is 7.22. The maximum absolute atomic E-state index is 12.8. The molecule has 0 bridgehead atoms. The van der Waals surface area contributed by atoms with Crippen LogP contribution >= 0.6 is 11.3 Å². The topological polar surface area (TPSA) is 75.2 Å². The fraction of sp³-hybridized carbons (Fsp3) is 0.400. The second-order valence-corrected chi connectivity index (χ2v) is 9.00. The van der Waals surface area contributed by atoms with Gasteiger partial charge in [-0.3, -0.25) is 9.78 Å². The van der Waals surface area contributed by atoms with Gasteiger partial charge in [0, 0.05) is 27.7 Å². The van der Waals surface area contributed by atoms with Gasteiger partial charge in [0.05, 0.1) is 18.9 Å². The summed E-state index contributed by atoms with van der Waals surface area (Å²) in [5, 5.41) is 12.2. The smallest absolute Gasteiger partial charge is 0.266 e. The van der Waals surface area contributed by atoms with Crippen LogP contribution in [0.15, 0.2) is 29.2 Å². The van der Waals surface area contributed by atoms with Gasteiger partial charge >= 0.3 is 0 Å². The Kier molecular flexibility index (Phi) is 3.84. The predicted octanol–water partition coefficient (Wildman–Crippen LogP) is 3.72. The van der Waals surface area contributed by atoms with Crippen molar-refractivity contribution in [3.8, 4) is 10.4 Å². The molecule has 3 aromatic rings. The fourth-order valence-corrected chi connectivity index (χ4v) is 4.55. The van der Waals surface area contributed by atoms with E-state index in [0.29, 0.717) is 17.0 Å². The number of aromatic nitrogens is 2. The van der Waals surface area contributed by atoms with Gasteiger partial charge in [-0.2, -0.15) is 0 Å². The molecule has 2 N–H and O–H groups in total. The number of thiophene rings is 1. The Bertz CT molecular complexity index is 1060. The van der Waals surface area contributed by atoms with Crippen LogP contribution in [-0.4, -0.2) is 21.7 Å². The Morgan fingerprint density at radius 2 is 2.12 bits per heavy atom. The maximum Gasteiger partial charge on any atom is 0.266 e. The first-order valence-electron chi connectivity index (χ1n) is 8.63. The molecule has 6 heteroatoms. The minimum absolute atomic E-state index is 0.162. The molecular formula is C20H22N2O3S. The molecule has 0 amide bonds. The standard InChI is InChI=1S/C20H22N2O3S/c1-11-7-12(5-6-21-11)15-8-13-14-9-25-10-20(24,19(2,3)4)17(14)22-18(23)16(13)26-15/h5-8,24H,9-10H2,1-4H3,(H,22,23)/t20-/m0/s1. The Labute approximate surface area is 155 Å². The molecule has 0 aliphatic carbocycles. The van der Waals surface area contributed by atoms with Gasteiger partial charge in [-0.1, -0.05) is 20.8 Å². The van der Waals surface area contributed by atoms with Crippen molar-refractivity contribution in [2.24, 2.45) is 5.41 Å². The lowest BCUT2D eigenvalue weighted by molar-refractivity contribution is -0.139. The van der Waals surface area contributed by atoms with Crippen molar-refractivity contribution in [1.82, 2.24) is 9.97 Å². The summed E-state index contributed by atoms with van der Waals surface area (Å²) >= 11 is 1.46. The van der Waals surface area contributed by atoms with Gasteiger partial charge in [0.1, 0.15) is 10.3 Å². The molecule has 136 valence electrons. The van der Waals surface area contributed by atoms with E-state index in [9.17, 15) is 9.90 Å². The maximum atomic E-state index is 12.8. The monoisotopic (exact) mass is 370 g/mol. The average molecular weight is 370 g/mol. The third kappa shape index (κ3) is 2.52. The van der Waals surface area contributed by atoms with Gasteiger partial charge in [-0.05, 0) is 36.1 Å². The van der Waals surface area contributed by atoms with Crippen molar-refractivity contribution in [3.05, 3.63) is 51.7 Å². The van der Waals surface area contributed by atoms with Crippen molar-refractivity contribution in [1.29, 1.82) is 0 Å². The third-order valence-electron chi connectivity index (χ3n) is 5.20. The molecule has 1 aliphatic rings. The molecule has 3 aromatic heterocycles. The fourth-order valence-electron chi connectivity index (χ4n) is 3.47. The molecular weight excluding hydrogens is 348 g/mol. The number of fused-ring (bicyclic) bond motifs is 3. The Morgan fingerprint density at radius 3 is 2.81 bits per heavy atom. The summed E-state index contributed by atoms with van der Waals surface area (Å²) in [5.74, 6) is 0. The lowest BCUT2D eigenvalue weighted by Crippen LogP contribution is -2.48. The highest BCUT2D eigenvalue weighted by Crippen LogP contribution is 2.45. The van der Waals surface area contributed by atoms with E-state index < -0.39 is 11.0 Å². The van der Waals surface area contributed by atoms with Crippen molar-refractivity contribution < 1.29 is 9.84 Å². The molecule has 0 unspecified atom stereocenters. The number of nitrogens with one attached hydrogen (secondary N) is 1. The molecule has 0 saturated carbocycles. The zero-order chi connectivity index (χ0) is 18.7. The van der Waals surface area contributed by atoms with Gasteiger partial charge < -0.3 is 14.8 Å². The number of nitrogens with zero attached hydrogens (tertiary/aromatic N) is 1. The van der Waals surface area contributed by atoms with E-state index in [1.54, 1.807) is 6.20 Å². The van der Waals surface area contributed by atoms with Gasteiger partial charge in [0.15, 0.2) is 0 Å². The molecule has 26 heavy (non-hydrogen) atoms. The molecule has 0 saturated heterocycles. The molecule has 4 rings (SSSR count).